The van der Waals surface area contributed by atoms with Crippen molar-refractivity contribution in [1.29, 1.82) is 0 Å². The number of phenols is 1. The summed E-state index contributed by atoms with van der Waals surface area (Å²) in [4.78, 5) is 28.7. The molecule has 0 spiro atoms. The monoisotopic (exact) mass is 531 g/mol. The summed E-state index contributed by atoms with van der Waals surface area (Å²) >= 11 is 0. The molecule has 0 saturated heterocycles. The van der Waals surface area contributed by atoms with E-state index in [0.717, 1.165) is 11.6 Å². The van der Waals surface area contributed by atoms with Crippen LogP contribution in [0.25, 0.3) is 0 Å². The normalized spacial score (nSPS) is 18.1. The van der Waals surface area contributed by atoms with E-state index >= 15 is 0 Å². The van der Waals surface area contributed by atoms with Gasteiger partial charge in [0, 0.05) is 30.3 Å². The second kappa shape index (κ2) is 10.5. The van der Waals surface area contributed by atoms with Crippen molar-refractivity contribution < 1.29 is 23.5 Å². The molecule has 1 aliphatic heterocycles. The van der Waals surface area contributed by atoms with Crippen LogP contribution in [-0.4, -0.2) is 29.9 Å². The number of Topliss-reactive ketones (excluding diaryl/α,β-unsaturated/α-hetero) is 1. The number of amides is 1. The highest BCUT2D eigenvalue weighted by Gasteiger charge is 2.42. The van der Waals surface area contributed by atoms with Gasteiger partial charge in [-0.2, -0.15) is 0 Å². The molecule has 39 heavy (non-hydrogen) atoms. The van der Waals surface area contributed by atoms with Crippen LogP contribution in [0.3, 0.4) is 0 Å². The maximum atomic E-state index is 14.5. The van der Waals surface area contributed by atoms with E-state index < -0.39 is 17.7 Å². The van der Waals surface area contributed by atoms with E-state index in [1.807, 2.05) is 38.1 Å². The minimum atomic E-state index is -0.868. The molecule has 5 rings (SSSR count). The van der Waals surface area contributed by atoms with Crippen molar-refractivity contribution in [3.63, 3.8) is 0 Å². The Morgan fingerprint density at radius 3 is 2.46 bits per heavy atom. The maximum Gasteiger partial charge on any atom is 0.239 e. The van der Waals surface area contributed by atoms with Crippen molar-refractivity contribution in [2.45, 2.75) is 39.2 Å². The number of halogens is 2. The van der Waals surface area contributed by atoms with Crippen LogP contribution in [0.15, 0.2) is 78.0 Å². The first-order valence-corrected chi connectivity index (χ1v) is 13.0. The number of allylic oxidation sites excluding steroid dienone is 1. The topological polar surface area (TPSA) is 81.7 Å². The number of aromatic hydroxyl groups is 1. The van der Waals surface area contributed by atoms with Gasteiger partial charge in [0.1, 0.15) is 17.4 Å². The lowest BCUT2D eigenvalue weighted by molar-refractivity contribution is -0.120. The quantitative estimate of drug-likeness (QED) is 0.383. The van der Waals surface area contributed by atoms with Crippen LogP contribution >= 0.6 is 0 Å². The van der Waals surface area contributed by atoms with Crippen molar-refractivity contribution in [3.8, 4) is 5.75 Å². The molecule has 0 fully saturated rings. The summed E-state index contributed by atoms with van der Waals surface area (Å²) in [5, 5.41) is 15.8. The molecular weight excluding hydrogens is 500 g/mol. The molecule has 1 unspecified atom stereocenters. The summed E-state index contributed by atoms with van der Waals surface area (Å²) in [5.74, 6) is -1.74. The highest BCUT2D eigenvalue weighted by Crippen LogP contribution is 2.48. The molecule has 0 saturated carbocycles. The van der Waals surface area contributed by atoms with E-state index in [-0.39, 0.29) is 41.4 Å². The Morgan fingerprint density at radius 1 is 1.05 bits per heavy atom. The highest BCUT2D eigenvalue weighted by molar-refractivity contribution is 6.01. The summed E-state index contributed by atoms with van der Waals surface area (Å²) < 4.78 is 29.0. The summed E-state index contributed by atoms with van der Waals surface area (Å²) in [7, 11) is 0. The molecule has 1 amide bonds. The van der Waals surface area contributed by atoms with Gasteiger partial charge in [0.05, 0.1) is 24.0 Å². The van der Waals surface area contributed by atoms with Crippen molar-refractivity contribution in [1.82, 2.24) is 5.32 Å². The van der Waals surface area contributed by atoms with Gasteiger partial charge in [-0.3, -0.25) is 9.59 Å². The van der Waals surface area contributed by atoms with Gasteiger partial charge in [-0.1, -0.05) is 38.1 Å². The number of nitrogens with zero attached hydrogens (tertiary/aromatic N) is 1. The molecule has 2 aliphatic rings. The third kappa shape index (κ3) is 5.79. The predicted molar refractivity (Wildman–Crippen MR) is 146 cm³/mol. The first kappa shape index (κ1) is 26.4. The molecule has 3 N–H and O–H groups in total. The van der Waals surface area contributed by atoms with Gasteiger partial charge in [-0.05, 0) is 65.8 Å². The molecule has 8 heteroatoms. The number of anilines is 2. The summed E-state index contributed by atoms with van der Waals surface area (Å²) in [5.41, 5.74) is 3.42. The molecule has 0 aromatic heterocycles. The zero-order chi connectivity index (χ0) is 27.7. The SMILES string of the molecule is CC1(C)CC(=O)C2=C(C1)Nc1ccccc1N(CC(=O)NCCc1ccc(O)cc1)C2c1cc(F)cc(F)c1. The molecular formula is C31H31F2N3O3. The molecule has 6 nitrogen and oxygen atoms in total. The minimum Gasteiger partial charge on any atom is -0.508 e. The van der Waals surface area contributed by atoms with Gasteiger partial charge in [0.2, 0.25) is 5.91 Å². The number of rotatable bonds is 6. The molecule has 202 valence electrons. The molecule has 0 bridgehead atoms. The highest BCUT2D eigenvalue weighted by atomic mass is 19.1. The van der Waals surface area contributed by atoms with Crippen molar-refractivity contribution in [2.75, 3.05) is 23.3 Å². The second-order valence-electron chi connectivity index (χ2n) is 11.0. The number of fused-ring (bicyclic) bond motifs is 1. The molecule has 1 aliphatic carbocycles. The lowest BCUT2D eigenvalue weighted by Crippen LogP contribution is -2.42. The molecule has 0 radical (unpaired) electrons. The number of carbonyl (C=O) groups excluding carboxylic acids is 2. The van der Waals surface area contributed by atoms with Gasteiger partial charge in [0.15, 0.2) is 5.78 Å². The number of hydrogen-bond acceptors (Lipinski definition) is 5. The van der Waals surface area contributed by atoms with Crippen LogP contribution in [0.1, 0.15) is 43.9 Å². The lowest BCUT2D eigenvalue weighted by Gasteiger charge is -2.37. The Balaban J connectivity index is 1.53. The van der Waals surface area contributed by atoms with Crippen molar-refractivity contribution in [2.24, 2.45) is 5.41 Å². The number of hydrogen-bond donors (Lipinski definition) is 3. The lowest BCUT2D eigenvalue weighted by atomic mass is 9.73. The van der Waals surface area contributed by atoms with E-state index in [2.05, 4.69) is 10.6 Å². The average molecular weight is 532 g/mol. The Hall–Kier alpha value is -4.20. The van der Waals surface area contributed by atoms with E-state index in [4.69, 9.17) is 0 Å². The Bertz CT molecular complexity index is 1430. The van der Waals surface area contributed by atoms with Crippen molar-refractivity contribution >= 4 is 23.1 Å². The minimum absolute atomic E-state index is 0.117. The van der Waals surface area contributed by atoms with Gasteiger partial charge >= 0.3 is 0 Å². The fourth-order valence-electron chi connectivity index (χ4n) is 5.53. The van der Waals surface area contributed by atoms with E-state index in [1.54, 1.807) is 29.2 Å². The fourth-order valence-corrected chi connectivity index (χ4v) is 5.53. The van der Waals surface area contributed by atoms with Crippen LogP contribution < -0.4 is 15.5 Å². The zero-order valence-corrected chi connectivity index (χ0v) is 21.9. The summed E-state index contributed by atoms with van der Waals surface area (Å²) in [6.45, 7) is 4.26. The predicted octanol–water partition coefficient (Wildman–Crippen LogP) is 5.65. The number of carbonyl (C=O) groups is 2. The Kier molecular flexibility index (Phi) is 7.12. The van der Waals surface area contributed by atoms with E-state index in [9.17, 15) is 23.5 Å². The first-order chi connectivity index (χ1) is 18.6. The number of para-hydroxylation sites is 2. The Labute approximate surface area is 226 Å². The average Bonchev–Trinajstić information content (AvgIpc) is 2.98. The van der Waals surface area contributed by atoms with E-state index in [1.165, 1.54) is 12.1 Å². The first-order valence-electron chi connectivity index (χ1n) is 13.0. The molecule has 1 heterocycles. The van der Waals surface area contributed by atoms with Crippen LogP contribution in [0, 0.1) is 17.0 Å². The maximum absolute atomic E-state index is 14.5. The number of ketones is 1. The number of benzene rings is 3. The zero-order valence-electron chi connectivity index (χ0n) is 21.9. The van der Waals surface area contributed by atoms with Crippen molar-refractivity contribution in [3.05, 3.63) is 101 Å². The van der Waals surface area contributed by atoms with E-state index in [0.29, 0.717) is 42.0 Å². The van der Waals surface area contributed by atoms with Gasteiger partial charge in [0.25, 0.3) is 0 Å². The smallest absolute Gasteiger partial charge is 0.239 e. The number of phenolic OH excluding ortho intramolecular Hbond substituents is 1. The van der Waals surface area contributed by atoms with Gasteiger partial charge < -0.3 is 20.6 Å². The Morgan fingerprint density at radius 2 is 1.74 bits per heavy atom. The van der Waals surface area contributed by atoms with Crippen LogP contribution in [0.2, 0.25) is 0 Å². The summed E-state index contributed by atoms with van der Waals surface area (Å²) in [6.07, 6.45) is 1.42. The molecule has 3 aromatic rings. The largest absolute Gasteiger partial charge is 0.508 e. The fraction of sp³-hybridized carbons (Fsp3) is 0.290. The van der Waals surface area contributed by atoms with Crippen LogP contribution in [0.4, 0.5) is 20.2 Å². The van der Waals surface area contributed by atoms with Gasteiger partial charge in [-0.25, -0.2) is 8.78 Å². The number of nitrogens with one attached hydrogen (secondary N) is 2. The molecule has 1 atom stereocenters. The van der Waals surface area contributed by atoms with Crippen LogP contribution in [0.5, 0.6) is 5.75 Å². The third-order valence-corrected chi connectivity index (χ3v) is 7.19. The summed E-state index contributed by atoms with van der Waals surface area (Å²) in [6, 6.07) is 16.6. The molecule has 3 aromatic carbocycles. The van der Waals surface area contributed by atoms with Gasteiger partial charge in [-0.15, -0.1) is 0 Å². The second-order valence-corrected chi connectivity index (χ2v) is 11.0. The van der Waals surface area contributed by atoms with Crippen LogP contribution in [-0.2, 0) is 16.0 Å². The standard InChI is InChI=1S/C31H31F2N3O3/c1-31(2)16-25-29(27(38)17-31)30(20-13-21(32)15-22(33)14-20)36(26-6-4-3-5-24(26)35-25)18-28(39)34-12-11-19-7-9-23(37)10-8-19/h3-10,13-15,30,35,37H,11-12,16-18H2,1-2H3,(H,34,39). The third-order valence-electron chi connectivity index (χ3n) is 7.19.